The largest absolute Gasteiger partial charge is 0.395 e. The van der Waals surface area contributed by atoms with Gasteiger partial charge in [0.2, 0.25) is 0 Å². The highest BCUT2D eigenvalue weighted by molar-refractivity contribution is 8.00. The Labute approximate surface area is 112 Å². The second-order valence-electron chi connectivity index (χ2n) is 4.31. The molecule has 0 radical (unpaired) electrons. The Morgan fingerprint density at radius 1 is 1.26 bits per heavy atom. The normalized spacial score (nSPS) is 31.1. The van der Waals surface area contributed by atoms with Crippen molar-refractivity contribution in [3.63, 3.8) is 0 Å². The molecule has 0 saturated carbocycles. The lowest BCUT2D eigenvalue weighted by Crippen LogP contribution is -2.32. The fourth-order valence-corrected chi connectivity index (χ4v) is 3.54. The highest BCUT2D eigenvalue weighted by Crippen LogP contribution is 2.42. The summed E-state index contributed by atoms with van der Waals surface area (Å²) >= 11 is 1.28. The summed E-state index contributed by atoms with van der Waals surface area (Å²) in [5, 5.41) is 28.2. The Bertz CT molecular complexity index is 606. The van der Waals surface area contributed by atoms with Gasteiger partial charge in [-0.3, -0.25) is 4.57 Å². The molecular weight excluding hydrogens is 270 g/mol. The van der Waals surface area contributed by atoms with Crippen molar-refractivity contribution < 1.29 is 15.3 Å². The molecule has 3 rings (SSSR count). The van der Waals surface area contributed by atoms with Crippen molar-refractivity contribution in [1.29, 1.82) is 0 Å². The Morgan fingerprint density at radius 2 is 2.05 bits per heavy atom. The van der Waals surface area contributed by atoms with Crippen molar-refractivity contribution in [2.24, 2.45) is 0 Å². The van der Waals surface area contributed by atoms with Gasteiger partial charge in [0.15, 0.2) is 11.5 Å². The van der Waals surface area contributed by atoms with Gasteiger partial charge in [-0.2, -0.15) is 0 Å². The number of rotatable bonds is 2. The van der Waals surface area contributed by atoms with Gasteiger partial charge in [-0.1, -0.05) is 0 Å². The minimum Gasteiger partial charge on any atom is -0.395 e. The summed E-state index contributed by atoms with van der Waals surface area (Å²) in [7, 11) is 0. The van der Waals surface area contributed by atoms with Crippen molar-refractivity contribution in [2.45, 2.75) is 22.8 Å². The topological polar surface area (TPSA) is 130 Å². The van der Waals surface area contributed by atoms with Crippen LogP contribution in [0.3, 0.4) is 0 Å². The maximum Gasteiger partial charge on any atom is 0.166 e. The molecule has 2 aromatic heterocycles. The summed E-state index contributed by atoms with van der Waals surface area (Å²) in [6, 6.07) is 0. The molecule has 1 aliphatic heterocycles. The third kappa shape index (κ3) is 1.86. The number of thioether (sulfide) groups is 1. The molecular formula is C10H13N5O3S. The lowest BCUT2D eigenvalue weighted by Gasteiger charge is -2.16. The van der Waals surface area contributed by atoms with E-state index < -0.39 is 22.8 Å². The van der Waals surface area contributed by atoms with Gasteiger partial charge in [-0.25, -0.2) is 15.0 Å². The summed E-state index contributed by atoms with van der Waals surface area (Å²) in [4.78, 5) is 12.1. The van der Waals surface area contributed by atoms with Crippen LogP contribution >= 0.6 is 11.8 Å². The molecule has 0 aromatic carbocycles. The molecule has 9 heteroatoms. The van der Waals surface area contributed by atoms with Gasteiger partial charge in [-0.05, 0) is 0 Å². The molecule has 4 atom stereocenters. The molecule has 8 nitrogen and oxygen atoms in total. The third-order valence-corrected chi connectivity index (χ3v) is 4.74. The van der Waals surface area contributed by atoms with Crippen LogP contribution in [0.15, 0.2) is 12.7 Å². The van der Waals surface area contributed by atoms with Crippen LogP contribution in [-0.4, -0.2) is 58.9 Å². The van der Waals surface area contributed by atoms with Crippen LogP contribution in [0.1, 0.15) is 5.37 Å². The molecule has 1 aliphatic rings. The number of imidazole rings is 1. The van der Waals surface area contributed by atoms with Crippen LogP contribution in [0.2, 0.25) is 0 Å². The zero-order chi connectivity index (χ0) is 13.6. The number of nitrogens with zero attached hydrogens (tertiary/aromatic N) is 4. The van der Waals surface area contributed by atoms with Gasteiger partial charge in [0.1, 0.15) is 23.3 Å². The van der Waals surface area contributed by atoms with Crippen molar-refractivity contribution in [2.75, 3.05) is 12.3 Å². The molecule has 1 saturated heterocycles. The average molecular weight is 283 g/mol. The van der Waals surface area contributed by atoms with Gasteiger partial charge in [-0.15, -0.1) is 11.8 Å². The zero-order valence-corrected chi connectivity index (χ0v) is 10.6. The van der Waals surface area contributed by atoms with Crippen LogP contribution in [0, 0.1) is 0 Å². The SMILES string of the molecule is Nc1ncnc2c1ncn2C1S[C@H](CO)[C@H](O)[C@H]1O. The van der Waals surface area contributed by atoms with E-state index >= 15 is 0 Å². The number of nitrogens with two attached hydrogens (primary N) is 1. The van der Waals surface area contributed by atoms with E-state index in [-0.39, 0.29) is 12.4 Å². The van der Waals surface area contributed by atoms with Gasteiger partial charge in [0.25, 0.3) is 0 Å². The molecule has 0 amide bonds. The lowest BCUT2D eigenvalue weighted by molar-refractivity contribution is 0.0113. The highest BCUT2D eigenvalue weighted by Gasteiger charge is 2.43. The van der Waals surface area contributed by atoms with Crippen LogP contribution in [0.4, 0.5) is 5.82 Å². The number of aliphatic hydroxyl groups is 3. The Hall–Kier alpha value is -1.42. The number of fused-ring (bicyclic) bond motifs is 1. The number of aliphatic hydroxyl groups excluding tert-OH is 3. The molecule has 0 aliphatic carbocycles. The third-order valence-electron chi connectivity index (χ3n) is 3.18. The second kappa shape index (κ2) is 4.60. The number of aromatic nitrogens is 4. The smallest absolute Gasteiger partial charge is 0.166 e. The summed E-state index contributed by atoms with van der Waals surface area (Å²) in [6.45, 7) is -0.205. The molecule has 5 N–H and O–H groups in total. The first kappa shape index (κ1) is 12.6. The quantitative estimate of drug-likeness (QED) is 0.537. The first-order valence-corrected chi connectivity index (χ1v) is 6.63. The maximum absolute atomic E-state index is 10.1. The van der Waals surface area contributed by atoms with Crippen LogP contribution in [0.25, 0.3) is 11.2 Å². The van der Waals surface area contributed by atoms with Crippen molar-refractivity contribution in [3.05, 3.63) is 12.7 Å². The molecule has 0 bridgehead atoms. The van der Waals surface area contributed by atoms with E-state index in [1.54, 1.807) is 4.57 Å². The summed E-state index contributed by atoms with van der Waals surface area (Å²) in [6.07, 6.45) is 0.831. The van der Waals surface area contributed by atoms with Gasteiger partial charge >= 0.3 is 0 Å². The number of hydrogen-bond donors (Lipinski definition) is 4. The fourth-order valence-electron chi connectivity index (χ4n) is 2.17. The second-order valence-corrected chi connectivity index (χ2v) is 5.67. The molecule has 1 unspecified atom stereocenters. The molecule has 19 heavy (non-hydrogen) atoms. The summed E-state index contributed by atoms with van der Waals surface area (Å²) < 4.78 is 1.64. The standard InChI is InChI=1S/C10H13N5O3S/c11-8-5-9(13-2-12-8)15(3-14-5)10-7(18)6(17)4(1-16)19-10/h2-4,6-7,10,16-18H,1H2,(H2,11,12,13)/t4-,6+,7-,10?/m1/s1. The Morgan fingerprint density at radius 3 is 2.74 bits per heavy atom. The van der Waals surface area contributed by atoms with Crippen LogP contribution < -0.4 is 5.73 Å². The van der Waals surface area contributed by atoms with Crippen LogP contribution in [-0.2, 0) is 0 Å². The van der Waals surface area contributed by atoms with E-state index in [2.05, 4.69) is 15.0 Å². The zero-order valence-electron chi connectivity index (χ0n) is 9.79. The van der Waals surface area contributed by atoms with E-state index in [0.29, 0.717) is 11.2 Å². The summed E-state index contributed by atoms with van der Waals surface area (Å²) in [5.41, 5.74) is 6.65. The predicted molar refractivity (Wildman–Crippen MR) is 69.3 cm³/mol. The van der Waals surface area contributed by atoms with Crippen molar-refractivity contribution in [3.8, 4) is 0 Å². The number of anilines is 1. The van der Waals surface area contributed by atoms with Crippen molar-refractivity contribution in [1.82, 2.24) is 19.5 Å². The van der Waals surface area contributed by atoms with E-state index in [9.17, 15) is 10.2 Å². The predicted octanol–water partition coefficient (Wildman–Crippen LogP) is -1.26. The van der Waals surface area contributed by atoms with Gasteiger partial charge in [0, 0.05) is 0 Å². The van der Waals surface area contributed by atoms with E-state index in [1.165, 1.54) is 24.4 Å². The molecule has 3 heterocycles. The maximum atomic E-state index is 10.1. The average Bonchev–Trinajstić information content (AvgIpc) is 2.94. The Kier molecular flexibility index (Phi) is 3.05. The van der Waals surface area contributed by atoms with Crippen LogP contribution in [0.5, 0.6) is 0 Å². The first-order chi connectivity index (χ1) is 9.13. The minimum atomic E-state index is -1.00. The number of hydrogen-bond acceptors (Lipinski definition) is 8. The monoisotopic (exact) mass is 283 g/mol. The lowest BCUT2D eigenvalue weighted by atomic mass is 10.1. The van der Waals surface area contributed by atoms with Gasteiger partial charge in [0.05, 0.1) is 24.3 Å². The molecule has 0 spiro atoms. The van der Waals surface area contributed by atoms with E-state index in [0.717, 1.165) is 0 Å². The van der Waals surface area contributed by atoms with Gasteiger partial charge < -0.3 is 21.1 Å². The van der Waals surface area contributed by atoms with E-state index in [1.807, 2.05) is 0 Å². The highest BCUT2D eigenvalue weighted by atomic mass is 32.2. The minimum absolute atomic E-state index is 0.205. The first-order valence-electron chi connectivity index (χ1n) is 5.69. The fraction of sp³-hybridized carbons (Fsp3) is 0.500. The summed E-state index contributed by atoms with van der Waals surface area (Å²) in [5.74, 6) is 0.264. The molecule has 1 fully saturated rings. The van der Waals surface area contributed by atoms with E-state index in [4.69, 9.17) is 10.8 Å². The Balaban J connectivity index is 2.04. The molecule has 2 aromatic rings. The molecule has 102 valence electrons. The van der Waals surface area contributed by atoms with Crippen molar-refractivity contribution >= 4 is 28.7 Å². The number of nitrogen functional groups attached to an aromatic ring is 1.